The van der Waals surface area contributed by atoms with Crippen molar-refractivity contribution in [3.63, 3.8) is 0 Å². The molecule has 0 bridgehead atoms. The monoisotopic (exact) mass is 322 g/mol. The second-order valence-electron chi connectivity index (χ2n) is 4.56. The smallest absolute Gasteiger partial charge is 0.407 e. The third-order valence-electron chi connectivity index (χ3n) is 2.95. The maximum Gasteiger partial charge on any atom is 0.407 e. The fourth-order valence-corrected chi connectivity index (χ4v) is 1.99. The van der Waals surface area contributed by atoms with Crippen LogP contribution in [0.1, 0.15) is 31.1 Å². The van der Waals surface area contributed by atoms with Crippen molar-refractivity contribution in [1.82, 2.24) is 5.32 Å². The molecule has 126 valence electrons. The van der Waals surface area contributed by atoms with Crippen molar-refractivity contribution in [3.05, 3.63) is 29.8 Å². The van der Waals surface area contributed by atoms with Crippen LogP contribution in [0.2, 0.25) is 0 Å². The highest BCUT2D eigenvalue weighted by molar-refractivity contribution is 6.02. The molecule has 1 aromatic carbocycles. The summed E-state index contributed by atoms with van der Waals surface area (Å²) in [6.07, 6.45) is -0.547. The average Bonchev–Trinajstić information content (AvgIpc) is 2.52. The van der Waals surface area contributed by atoms with Gasteiger partial charge in [0.15, 0.2) is 0 Å². The van der Waals surface area contributed by atoms with Crippen molar-refractivity contribution in [2.24, 2.45) is 0 Å². The van der Waals surface area contributed by atoms with Crippen molar-refractivity contribution in [2.45, 2.75) is 20.8 Å². The second kappa shape index (κ2) is 9.45. The van der Waals surface area contributed by atoms with Crippen LogP contribution in [0.4, 0.5) is 10.5 Å². The van der Waals surface area contributed by atoms with Gasteiger partial charge in [0.2, 0.25) is 5.91 Å². The van der Waals surface area contributed by atoms with E-state index in [1.807, 2.05) is 0 Å². The molecule has 0 atom stereocenters. The Balaban J connectivity index is 2.87. The highest BCUT2D eigenvalue weighted by atomic mass is 16.5. The predicted molar refractivity (Wildman–Crippen MR) is 85.5 cm³/mol. The van der Waals surface area contributed by atoms with E-state index in [1.165, 1.54) is 11.8 Å². The molecule has 0 aromatic heterocycles. The largest absolute Gasteiger partial charge is 0.462 e. The number of amides is 2. The number of benzene rings is 1. The molecule has 23 heavy (non-hydrogen) atoms. The highest BCUT2D eigenvalue weighted by Gasteiger charge is 2.19. The Hall–Kier alpha value is -2.57. The number of esters is 1. The molecule has 0 aliphatic carbocycles. The van der Waals surface area contributed by atoms with Crippen LogP contribution in [-0.2, 0) is 14.3 Å². The topological polar surface area (TPSA) is 84.9 Å². The van der Waals surface area contributed by atoms with E-state index in [9.17, 15) is 14.4 Å². The van der Waals surface area contributed by atoms with Gasteiger partial charge in [-0.25, -0.2) is 9.59 Å². The number of ether oxygens (including phenoxy) is 2. The van der Waals surface area contributed by atoms with Crippen molar-refractivity contribution in [1.29, 1.82) is 0 Å². The van der Waals surface area contributed by atoms with Gasteiger partial charge in [-0.3, -0.25) is 4.79 Å². The first-order chi connectivity index (χ1) is 11.0. The van der Waals surface area contributed by atoms with Crippen LogP contribution in [0.15, 0.2) is 24.3 Å². The van der Waals surface area contributed by atoms with Gasteiger partial charge in [0.05, 0.1) is 24.5 Å². The van der Waals surface area contributed by atoms with Crippen molar-refractivity contribution in [2.75, 3.05) is 31.2 Å². The quantitative estimate of drug-likeness (QED) is 0.776. The van der Waals surface area contributed by atoms with Gasteiger partial charge in [-0.2, -0.15) is 0 Å². The summed E-state index contributed by atoms with van der Waals surface area (Å²) in [6.45, 7) is 5.75. The molecular weight excluding hydrogens is 300 g/mol. The maximum atomic E-state index is 12.0. The molecular formula is C16H22N2O5. The third-order valence-corrected chi connectivity index (χ3v) is 2.95. The maximum absolute atomic E-state index is 12.0. The lowest BCUT2D eigenvalue weighted by Gasteiger charge is -2.23. The molecule has 2 amide bonds. The lowest BCUT2D eigenvalue weighted by molar-refractivity contribution is -0.116. The molecule has 0 saturated heterocycles. The van der Waals surface area contributed by atoms with Gasteiger partial charge in [-0.1, -0.05) is 12.1 Å². The summed E-state index contributed by atoms with van der Waals surface area (Å²) in [5, 5.41) is 2.54. The lowest BCUT2D eigenvalue weighted by atomic mass is 10.1. The van der Waals surface area contributed by atoms with Crippen LogP contribution in [0.3, 0.4) is 0 Å². The fraction of sp³-hybridized carbons (Fsp3) is 0.438. The van der Waals surface area contributed by atoms with Gasteiger partial charge in [0.25, 0.3) is 0 Å². The summed E-state index contributed by atoms with van der Waals surface area (Å²) >= 11 is 0. The van der Waals surface area contributed by atoms with Gasteiger partial charge in [0, 0.05) is 20.0 Å². The summed E-state index contributed by atoms with van der Waals surface area (Å²) in [4.78, 5) is 36.6. The molecule has 1 aromatic rings. The highest BCUT2D eigenvalue weighted by Crippen LogP contribution is 2.21. The molecule has 1 N–H and O–H groups in total. The van der Waals surface area contributed by atoms with Crippen LogP contribution >= 0.6 is 0 Å². The number of hydrogen-bond acceptors (Lipinski definition) is 5. The van der Waals surface area contributed by atoms with Crippen LogP contribution < -0.4 is 10.2 Å². The normalized spacial score (nSPS) is 9.87. The number of carbonyl (C=O) groups is 3. The zero-order valence-corrected chi connectivity index (χ0v) is 13.6. The summed E-state index contributed by atoms with van der Waals surface area (Å²) < 4.78 is 9.76. The number of nitrogens with zero attached hydrogens (tertiary/aromatic N) is 1. The molecule has 0 aliphatic heterocycles. The Morgan fingerprint density at radius 3 is 2.35 bits per heavy atom. The molecule has 0 heterocycles. The number of para-hydroxylation sites is 1. The minimum atomic E-state index is -0.547. The van der Waals surface area contributed by atoms with Gasteiger partial charge < -0.3 is 19.7 Å². The first-order valence-electron chi connectivity index (χ1n) is 7.46. The van der Waals surface area contributed by atoms with Crippen LogP contribution in [0.25, 0.3) is 0 Å². The average molecular weight is 322 g/mol. The Bertz CT molecular complexity index is 559. The van der Waals surface area contributed by atoms with Gasteiger partial charge >= 0.3 is 12.1 Å². The van der Waals surface area contributed by atoms with Crippen molar-refractivity contribution >= 4 is 23.7 Å². The van der Waals surface area contributed by atoms with E-state index in [1.54, 1.807) is 38.1 Å². The van der Waals surface area contributed by atoms with E-state index >= 15 is 0 Å². The van der Waals surface area contributed by atoms with Crippen LogP contribution in [0, 0.1) is 0 Å². The Labute approximate surface area is 135 Å². The molecule has 1 rings (SSSR count). The summed E-state index contributed by atoms with van der Waals surface area (Å²) in [5.74, 6) is -0.736. The molecule has 0 unspecified atom stereocenters. The minimum Gasteiger partial charge on any atom is -0.462 e. The number of hydrogen-bond donors (Lipinski definition) is 1. The summed E-state index contributed by atoms with van der Waals surface area (Å²) in [5.41, 5.74) is 0.754. The molecule has 0 fully saturated rings. The zero-order chi connectivity index (χ0) is 17.2. The van der Waals surface area contributed by atoms with Gasteiger partial charge in [-0.05, 0) is 26.0 Å². The Morgan fingerprint density at radius 1 is 1.09 bits per heavy atom. The molecule has 7 nitrogen and oxygen atoms in total. The van der Waals surface area contributed by atoms with E-state index in [-0.39, 0.29) is 32.2 Å². The van der Waals surface area contributed by atoms with Crippen LogP contribution in [-0.4, -0.2) is 44.3 Å². The number of alkyl carbamates (subject to hydrolysis) is 1. The molecule has 0 radical (unpaired) electrons. The first-order valence-corrected chi connectivity index (χ1v) is 7.46. The van der Waals surface area contributed by atoms with E-state index < -0.39 is 12.1 Å². The SMILES string of the molecule is CCOC(=O)NCCN(C(C)=O)c1ccccc1C(=O)OCC. The van der Waals surface area contributed by atoms with E-state index in [0.717, 1.165) is 0 Å². The molecule has 0 saturated carbocycles. The second-order valence-corrected chi connectivity index (χ2v) is 4.56. The van der Waals surface area contributed by atoms with Crippen molar-refractivity contribution < 1.29 is 23.9 Å². The number of anilines is 1. The number of nitrogens with one attached hydrogen (secondary N) is 1. The van der Waals surface area contributed by atoms with Gasteiger partial charge in [-0.15, -0.1) is 0 Å². The number of carbonyl (C=O) groups excluding carboxylic acids is 3. The summed E-state index contributed by atoms with van der Waals surface area (Å²) in [7, 11) is 0. The van der Waals surface area contributed by atoms with Crippen molar-refractivity contribution in [3.8, 4) is 0 Å². The standard InChI is InChI=1S/C16H22N2O5/c1-4-22-15(20)13-8-6-7-9-14(13)18(12(3)19)11-10-17-16(21)23-5-2/h6-9H,4-5,10-11H2,1-3H3,(H,17,21). The van der Waals surface area contributed by atoms with E-state index in [0.29, 0.717) is 11.3 Å². The van der Waals surface area contributed by atoms with E-state index in [2.05, 4.69) is 5.32 Å². The molecule has 0 spiro atoms. The van der Waals surface area contributed by atoms with Crippen LogP contribution in [0.5, 0.6) is 0 Å². The summed E-state index contributed by atoms with van der Waals surface area (Å²) in [6, 6.07) is 6.69. The van der Waals surface area contributed by atoms with Gasteiger partial charge in [0.1, 0.15) is 0 Å². The fourth-order valence-electron chi connectivity index (χ4n) is 1.99. The van der Waals surface area contributed by atoms with E-state index in [4.69, 9.17) is 9.47 Å². The zero-order valence-electron chi connectivity index (χ0n) is 13.6. The third kappa shape index (κ3) is 5.61. The predicted octanol–water partition coefficient (Wildman–Crippen LogP) is 1.96. The number of rotatable bonds is 7. The Morgan fingerprint density at radius 2 is 1.74 bits per heavy atom. The Kier molecular flexibility index (Phi) is 7.59. The molecule has 0 aliphatic rings. The minimum absolute atomic E-state index is 0.204. The molecule has 7 heteroatoms. The lowest BCUT2D eigenvalue weighted by Crippen LogP contribution is -2.38. The first kappa shape index (κ1) is 18.5.